The maximum atomic E-state index is 14.5. The van der Waals surface area contributed by atoms with Gasteiger partial charge in [-0.15, -0.1) is 0 Å². The lowest BCUT2D eigenvalue weighted by Gasteiger charge is -2.35. The summed E-state index contributed by atoms with van der Waals surface area (Å²) in [4.78, 5) is 0. The fourth-order valence-corrected chi connectivity index (χ4v) is 4.11. The largest absolute Gasteiger partial charge is 0.211 e. The van der Waals surface area contributed by atoms with Crippen LogP contribution in [0.4, 0.5) is 17.6 Å². The van der Waals surface area contributed by atoms with Crippen molar-refractivity contribution in [2.45, 2.75) is 51.9 Å². The Hall–Kier alpha value is -1.32. The molecule has 23 heavy (non-hydrogen) atoms. The molecule has 126 valence electrons. The van der Waals surface area contributed by atoms with Crippen molar-refractivity contribution in [3.8, 4) is 0 Å². The van der Waals surface area contributed by atoms with Gasteiger partial charge >= 0.3 is 0 Å². The van der Waals surface area contributed by atoms with E-state index >= 15 is 0 Å². The third-order valence-electron chi connectivity index (χ3n) is 5.59. The summed E-state index contributed by atoms with van der Waals surface area (Å²) >= 11 is 0. The van der Waals surface area contributed by atoms with Crippen LogP contribution in [0.1, 0.15) is 57.4 Å². The summed E-state index contributed by atoms with van der Waals surface area (Å²) in [6, 6.07) is 1.80. The summed E-state index contributed by atoms with van der Waals surface area (Å²) < 4.78 is 54.3. The highest BCUT2D eigenvalue weighted by Crippen LogP contribution is 2.44. The molecule has 1 atom stereocenters. The van der Waals surface area contributed by atoms with E-state index in [0.717, 1.165) is 37.3 Å². The molecule has 1 aromatic rings. The maximum Gasteiger partial charge on any atom is 0.194 e. The molecule has 0 heterocycles. The molecule has 1 saturated carbocycles. The van der Waals surface area contributed by atoms with Gasteiger partial charge in [-0.05, 0) is 66.7 Å². The van der Waals surface area contributed by atoms with Crippen molar-refractivity contribution in [1.82, 2.24) is 0 Å². The fourth-order valence-electron chi connectivity index (χ4n) is 4.11. The van der Waals surface area contributed by atoms with Crippen molar-refractivity contribution in [3.63, 3.8) is 0 Å². The van der Waals surface area contributed by atoms with E-state index in [-0.39, 0.29) is 11.4 Å². The van der Waals surface area contributed by atoms with Crippen LogP contribution >= 0.6 is 0 Å². The van der Waals surface area contributed by atoms with Gasteiger partial charge in [0.15, 0.2) is 17.5 Å². The molecule has 0 radical (unpaired) electrons. The Balaban J connectivity index is 1.77. The lowest BCUT2D eigenvalue weighted by atomic mass is 9.71. The third-order valence-corrected chi connectivity index (χ3v) is 5.59. The summed E-state index contributed by atoms with van der Waals surface area (Å²) in [6.07, 6.45) is 6.34. The van der Waals surface area contributed by atoms with Gasteiger partial charge in [-0.1, -0.05) is 19.8 Å². The molecule has 0 unspecified atom stereocenters. The van der Waals surface area contributed by atoms with Crippen LogP contribution in [0.2, 0.25) is 0 Å². The minimum Gasteiger partial charge on any atom is -0.211 e. The topological polar surface area (TPSA) is 0 Å². The van der Waals surface area contributed by atoms with Crippen LogP contribution in [0.15, 0.2) is 18.0 Å². The normalized spacial score (nSPS) is 29.0. The van der Waals surface area contributed by atoms with Gasteiger partial charge in [0.05, 0.1) is 0 Å². The molecule has 0 nitrogen and oxygen atoms in total. The van der Waals surface area contributed by atoms with Crippen LogP contribution in [-0.2, 0) is 0 Å². The van der Waals surface area contributed by atoms with E-state index in [1.165, 1.54) is 12.8 Å². The zero-order valence-electron chi connectivity index (χ0n) is 13.3. The summed E-state index contributed by atoms with van der Waals surface area (Å²) in [5.74, 6) is -2.67. The molecule has 0 spiro atoms. The van der Waals surface area contributed by atoms with Crippen LogP contribution in [0.25, 0.3) is 5.57 Å². The van der Waals surface area contributed by atoms with Gasteiger partial charge in [0, 0.05) is 6.42 Å². The van der Waals surface area contributed by atoms with Crippen molar-refractivity contribution in [3.05, 3.63) is 41.0 Å². The molecule has 1 aromatic carbocycles. The van der Waals surface area contributed by atoms with E-state index in [0.29, 0.717) is 30.3 Å². The van der Waals surface area contributed by atoms with Gasteiger partial charge in [-0.3, -0.25) is 0 Å². The molecule has 1 fully saturated rings. The second-order valence-electron chi connectivity index (χ2n) is 7.16. The number of halogens is 4. The van der Waals surface area contributed by atoms with Crippen LogP contribution in [0, 0.1) is 35.2 Å². The Morgan fingerprint density at radius 2 is 1.43 bits per heavy atom. The average Bonchev–Trinajstić information content (AvgIpc) is 2.53. The molecule has 0 aliphatic heterocycles. The maximum absolute atomic E-state index is 14.5. The lowest BCUT2D eigenvalue weighted by Crippen LogP contribution is -2.23. The summed E-state index contributed by atoms with van der Waals surface area (Å²) in [5, 5.41) is 0. The Kier molecular flexibility index (Phi) is 4.79. The van der Waals surface area contributed by atoms with E-state index in [1.54, 1.807) is 0 Å². The highest BCUT2D eigenvalue weighted by atomic mass is 19.2. The molecule has 0 N–H and O–H groups in total. The van der Waals surface area contributed by atoms with Gasteiger partial charge in [-0.25, -0.2) is 17.6 Å². The van der Waals surface area contributed by atoms with Crippen molar-refractivity contribution in [1.29, 1.82) is 0 Å². The SMILES string of the molecule is CC1CCC([C@H]2CCC(c3cc(F)c(F)c(F)c3)=C(F)C2)CC1. The molecule has 3 rings (SSSR count). The van der Waals surface area contributed by atoms with E-state index < -0.39 is 17.5 Å². The second-order valence-corrected chi connectivity index (χ2v) is 7.16. The Labute approximate surface area is 134 Å². The molecule has 0 amide bonds. The van der Waals surface area contributed by atoms with Crippen molar-refractivity contribution >= 4 is 5.57 Å². The summed E-state index contributed by atoms with van der Waals surface area (Å²) in [7, 11) is 0. The van der Waals surface area contributed by atoms with Crippen LogP contribution < -0.4 is 0 Å². The first kappa shape index (κ1) is 16.5. The lowest BCUT2D eigenvalue weighted by molar-refractivity contribution is 0.192. The average molecular weight is 326 g/mol. The van der Waals surface area contributed by atoms with E-state index in [4.69, 9.17) is 0 Å². The van der Waals surface area contributed by atoms with Crippen molar-refractivity contribution in [2.24, 2.45) is 17.8 Å². The van der Waals surface area contributed by atoms with Gasteiger partial charge in [-0.2, -0.15) is 0 Å². The van der Waals surface area contributed by atoms with Crippen LogP contribution in [0.5, 0.6) is 0 Å². The molecule has 2 aliphatic carbocycles. The number of benzene rings is 1. The van der Waals surface area contributed by atoms with E-state index in [9.17, 15) is 17.6 Å². The summed E-state index contributed by atoms with van der Waals surface area (Å²) in [6.45, 7) is 2.26. The van der Waals surface area contributed by atoms with E-state index in [2.05, 4.69) is 6.92 Å². The minimum absolute atomic E-state index is 0.134. The number of allylic oxidation sites excluding steroid dienone is 2. The predicted octanol–water partition coefficient (Wildman–Crippen LogP) is 6.41. The highest BCUT2D eigenvalue weighted by Gasteiger charge is 2.31. The number of rotatable bonds is 2. The Bertz CT molecular complexity index is 589. The Morgan fingerprint density at radius 3 is 2.00 bits per heavy atom. The predicted molar refractivity (Wildman–Crippen MR) is 82.8 cm³/mol. The smallest absolute Gasteiger partial charge is 0.194 e. The first-order valence-corrected chi connectivity index (χ1v) is 8.48. The molecule has 0 bridgehead atoms. The zero-order chi connectivity index (χ0) is 16.6. The molecule has 0 saturated heterocycles. The second kappa shape index (κ2) is 6.66. The monoisotopic (exact) mass is 326 g/mol. The third kappa shape index (κ3) is 3.46. The zero-order valence-corrected chi connectivity index (χ0v) is 13.3. The molecule has 2 aliphatic rings. The standard InChI is InChI=1S/C19H22F4/c1-11-2-4-12(5-3-11)13-6-7-15(16(20)8-13)14-9-17(21)19(23)18(22)10-14/h9-13H,2-8H2,1H3/t11?,12?,13-/m0/s1. The highest BCUT2D eigenvalue weighted by molar-refractivity contribution is 5.68. The van der Waals surface area contributed by atoms with Gasteiger partial charge in [0.25, 0.3) is 0 Å². The number of hydrogen-bond acceptors (Lipinski definition) is 0. The molecular formula is C19H22F4. The van der Waals surface area contributed by atoms with E-state index in [1.807, 2.05) is 0 Å². The van der Waals surface area contributed by atoms with Gasteiger partial charge in [0.1, 0.15) is 5.83 Å². The first-order chi connectivity index (χ1) is 11.0. The van der Waals surface area contributed by atoms with Crippen LogP contribution in [-0.4, -0.2) is 0 Å². The van der Waals surface area contributed by atoms with Crippen molar-refractivity contribution in [2.75, 3.05) is 0 Å². The first-order valence-electron chi connectivity index (χ1n) is 8.48. The fraction of sp³-hybridized carbons (Fsp3) is 0.579. The van der Waals surface area contributed by atoms with Gasteiger partial charge in [0.2, 0.25) is 0 Å². The Morgan fingerprint density at radius 1 is 0.826 bits per heavy atom. The van der Waals surface area contributed by atoms with Crippen molar-refractivity contribution < 1.29 is 17.6 Å². The molecule has 0 aromatic heterocycles. The van der Waals surface area contributed by atoms with Crippen LogP contribution in [0.3, 0.4) is 0 Å². The minimum atomic E-state index is -1.50. The molecular weight excluding hydrogens is 304 g/mol. The summed E-state index contributed by atoms with van der Waals surface area (Å²) in [5.41, 5.74) is 0.470. The van der Waals surface area contributed by atoms with Gasteiger partial charge < -0.3 is 0 Å². The quantitative estimate of drug-likeness (QED) is 0.435. The molecule has 4 heteroatoms. The number of hydrogen-bond donors (Lipinski definition) is 0.